The first-order chi connectivity index (χ1) is 9.49. The number of carbonyl (C=O) groups excluding carboxylic acids is 2. The highest BCUT2D eigenvalue weighted by atomic mass is 19.1. The summed E-state index contributed by atoms with van der Waals surface area (Å²) < 4.78 is 13.0. The predicted octanol–water partition coefficient (Wildman–Crippen LogP) is 1.16. The number of amides is 2. The van der Waals surface area contributed by atoms with Gasteiger partial charge < -0.3 is 9.80 Å². The average Bonchev–Trinajstić information content (AvgIpc) is 2.46. The van der Waals surface area contributed by atoms with Gasteiger partial charge in [0.15, 0.2) is 0 Å². The lowest BCUT2D eigenvalue weighted by Gasteiger charge is -2.32. The summed E-state index contributed by atoms with van der Waals surface area (Å²) in [7, 11) is 3.47. The minimum Gasteiger partial charge on any atom is -0.349 e. The summed E-state index contributed by atoms with van der Waals surface area (Å²) in [5.41, 5.74) is 0.301. The zero-order valence-electron chi connectivity index (χ0n) is 11.7. The van der Waals surface area contributed by atoms with Crippen LogP contribution in [0.4, 0.5) is 4.39 Å². The topological polar surface area (TPSA) is 53.5 Å². The summed E-state index contributed by atoms with van der Waals surface area (Å²) >= 11 is 0. The lowest BCUT2D eigenvalue weighted by molar-refractivity contribution is -0.134. The van der Waals surface area contributed by atoms with E-state index in [2.05, 4.69) is 4.98 Å². The molecule has 5 nitrogen and oxygen atoms in total. The number of nitrogens with zero attached hydrogens (tertiary/aromatic N) is 3. The van der Waals surface area contributed by atoms with E-state index in [9.17, 15) is 14.0 Å². The van der Waals surface area contributed by atoms with E-state index in [-0.39, 0.29) is 17.7 Å². The third-order valence-electron chi connectivity index (χ3n) is 3.55. The molecule has 0 bridgehead atoms. The fraction of sp³-hybridized carbons (Fsp3) is 0.500. The molecule has 0 N–H and O–H groups in total. The predicted molar refractivity (Wildman–Crippen MR) is 71.5 cm³/mol. The van der Waals surface area contributed by atoms with Crippen molar-refractivity contribution in [3.8, 4) is 0 Å². The van der Waals surface area contributed by atoms with Crippen molar-refractivity contribution in [3.63, 3.8) is 0 Å². The summed E-state index contributed by atoms with van der Waals surface area (Å²) in [6.07, 6.45) is 2.58. The van der Waals surface area contributed by atoms with Gasteiger partial charge in [-0.05, 0) is 18.9 Å². The molecule has 0 aromatic carbocycles. The monoisotopic (exact) mass is 279 g/mol. The van der Waals surface area contributed by atoms with Crippen LogP contribution in [0.2, 0.25) is 0 Å². The number of hydrogen-bond donors (Lipinski definition) is 0. The quantitative estimate of drug-likeness (QED) is 0.763. The molecular weight excluding hydrogens is 261 g/mol. The standard InChI is InChI=1S/C14H18FN3O2/c1-17(2)13(19)10-4-7-18(8-5-10)14(20)11-3-6-16-12(15)9-11/h3,6,9-10H,4-5,7-8H2,1-2H3. The van der Waals surface area contributed by atoms with Crippen molar-refractivity contribution >= 4 is 11.8 Å². The van der Waals surface area contributed by atoms with Gasteiger partial charge in [-0.25, -0.2) is 4.98 Å². The summed E-state index contributed by atoms with van der Waals surface area (Å²) in [6.45, 7) is 1.04. The fourth-order valence-electron chi connectivity index (χ4n) is 2.41. The van der Waals surface area contributed by atoms with Crippen molar-refractivity contribution < 1.29 is 14.0 Å². The zero-order chi connectivity index (χ0) is 14.7. The van der Waals surface area contributed by atoms with E-state index >= 15 is 0 Å². The van der Waals surface area contributed by atoms with Gasteiger partial charge in [-0.1, -0.05) is 0 Å². The van der Waals surface area contributed by atoms with E-state index in [0.717, 1.165) is 6.07 Å². The molecule has 0 unspecified atom stereocenters. The Morgan fingerprint density at radius 2 is 2.00 bits per heavy atom. The van der Waals surface area contributed by atoms with Crippen molar-refractivity contribution in [2.24, 2.45) is 5.92 Å². The lowest BCUT2D eigenvalue weighted by Crippen LogP contribution is -2.42. The highest BCUT2D eigenvalue weighted by Gasteiger charge is 2.28. The van der Waals surface area contributed by atoms with Gasteiger partial charge in [0.1, 0.15) is 0 Å². The highest BCUT2D eigenvalue weighted by Crippen LogP contribution is 2.20. The Morgan fingerprint density at radius 3 is 2.55 bits per heavy atom. The van der Waals surface area contributed by atoms with Crippen LogP contribution < -0.4 is 0 Å². The summed E-state index contributed by atoms with van der Waals surface area (Å²) in [4.78, 5) is 30.7. The van der Waals surface area contributed by atoms with Gasteiger partial charge in [-0.3, -0.25) is 9.59 Å². The molecule has 0 atom stereocenters. The summed E-state index contributed by atoms with van der Waals surface area (Å²) in [5.74, 6) is -0.786. The number of likely N-dealkylation sites (tertiary alicyclic amines) is 1. The van der Waals surface area contributed by atoms with Crippen LogP contribution in [-0.4, -0.2) is 53.8 Å². The molecule has 2 amide bonds. The van der Waals surface area contributed by atoms with Gasteiger partial charge in [0.05, 0.1) is 0 Å². The molecule has 1 aliphatic heterocycles. The molecule has 20 heavy (non-hydrogen) atoms. The minimum atomic E-state index is -0.659. The number of piperidine rings is 1. The first-order valence-corrected chi connectivity index (χ1v) is 6.61. The Kier molecular flexibility index (Phi) is 4.32. The lowest BCUT2D eigenvalue weighted by atomic mass is 9.95. The molecule has 1 aromatic heterocycles. The second-order valence-electron chi connectivity index (χ2n) is 5.17. The van der Waals surface area contributed by atoms with Crippen LogP contribution in [0, 0.1) is 11.9 Å². The maximum atomic E-state index is 13.0. The Hall–Kier alpha value is -1.98. The molecule has 1 aliphatic rings. The van der Waals surface area contributed by atoms with Gasteiger partial charge >= 0.3 is 0 Å². The molecule has 2 rings (SSSR count). The van der Waals surface area contributed by atoms with Gasteiger partial charge in [0, 0.05) is 50.9 Å². The number of rotatable bonds is 2. The van der Waals surface area contributed by atoms with Gasteiger partial charge in [-0.2, -0.15) is 4.39 Å². The number of halogens is 1. The smallest absolute Gasteiger partial charge is 0.254 e. The Bertz CT molecular complexity index is 511. The van der Waals surface area contributed by atoms with Crippen LogP contribution in [0.3, 0.4) is 0 Å². The van der Waals surface area contributed by atoms with Crippen molar-refractivity contribution in [3.05, 3.63) is 29.8 Å². The molecule has 1 fully saturated rings. The Morgan fingerprint density at radius 1 is 1.35 bits per heavy atom. The number of hydrogen-bond acceptors (Lipinski definition) is 3. The maximum Gasteiger partial charge on any atom is 0.254 e. The van der Waals surface area contributed by atoms with Crippen molar-refractivity contribution in [1.82, 2.24) is 14.8 Å². The van der Waals surface area contributed by atoms with E-state index in [1.807, 2.05) is 0 Å². The summed E-state index contributed by atoms with van der Waals surface area (Å²) in [5, 5.41) is 0. The van der Waals surface area contributed by atoms with E-state index < -0.39 is 5.95 Å². The van der Waals surface area contributed by atoms with Crippen molar-refractivity contribution in [2.45, 2.75) is 12.8 Å². The van der Waals surface area contributed by atoms with Gasteiger partial charge in [-0.15, -0.1) is 0 Å². The average molecular weight is 279 g/mol. The number of carbonyl (C=O) groups is 2. The first-order valence-electron chi connectivity index (χ1n) is 6.61. The highest BCUT2D eigenvalue weighted by molar-refractivity contribution is 5.94. The fourth-order valence-corrected chi connectivity index (χ4v) is 2.41. The maximum absolute atomic E-state index is 13.0. The molecule has 0 spiro atoms. The molecule has 108 valence electrons. The zero-order valence-corrected chi connectivity index (χ0v) is 11.7. The van der Waals surface area contributed by atoms with Crippen molar-refractivity contribution in [1.29, 1.82) is 0 Å². The van der Waals surface area contributed by atoms with Crippen LogP contribution in [0.25, 0.3) is 0 Å². The molecule has 0 saturated carbocycles. The molecule has 1 aromatic rings. The van der Waals surface area contributed by atoms with Gasteiger partial charge in [0.2, 0.25) is 11.9 Å². The molecule has 6 heteroatoms. The molecule has 0 aliphatic carbocycles. The minimum absolute atomic E-state index is 0.0248. The third-order valence-corrected chi connectivity index (χ3v) is 3.55. The van der Waals surface area contributed by atoms with Crippen LogP contribution in [0.5, 0.6) is 0 Å². The molecule has 2 heterocycles. The SMILES string of the molecule is CN(C)C(=O)C1CCN(C(=O)c2ccnc(F)c2)CC1. The van der Waals surface area contributed by atoms with E-state index in [0.29, 0.717) is 31.5 Å². The van der Waals surface area contributed by atoms with Gasteiger partial charge in [0.25, 0.3) is 5.91 Å². The van der Waals surface area contributed by atoms with Crippen LogP contribution in [0.1, 0.15) is 23.2 Å². The normalized spacial score (nSPS) is 16.1. The third kappa shape index (κ3) is 3.12. The molecule has 0 radical (unpaired) electrons. The summed E-state index contributed by atoms with van der Waals surface area (Å²) in [6, 6.07) is 2.64. The van der Waals surface area contributed by atoms with Crippen LogP contribution in [0.15, 0.2) is 18.3 Å². The van der Waals surface area contributed by atoms with Crippen LogP contribution in [-0.2, 0) is 4.79 Å². The van der Waals surface area contributed by atoms with Crippen LogP contribution >= 0.6 is 0 Å². The van der Waals surface area contributed by atoms with Crippen molar-refractivity contribution in [2.75, 3.05) is 27.2 Å². The Balaban J connectivity index is 1.97. The second-order valence-corrected chi connectivity index (χ2v) is 5.17. The molecule has 1 saturated heterocycles. The number of aromatic nitrogens is 1. The largest absolute Gasteiger partial charge is 0.349 e. The van der Waals surface area contributed by atoms with E-state index in [4.69, 9.17) is 0 Å². The van der Waals surface area contributed by atoms with E-state index in [1.54, 1.807) is 23.9 Å². The molecular formula is C14H18FN3O2. The van der Waals surface area contributed by atoms with E-state index in [1.165, 1.54) is 12.3 Å². The first kappa shape index (κ1) is 14.4. The Labute approximate surface area is 117 Å². The second kappa shape index (κ2) is 5.98. The number of pyridine rings is 1.